The van der Waals surface area contributed by atoms with Gasteiger partial charge in [-0.2, -0.15) is 4.98 Å². The first-order valence-electron chi connectivity index (χ1n) is 5.91. The number of aromatic nitrogens is 2. The van der Waals surface area contributed by atoms with Gasteiger partial charge in [-0.05, 0) is 45.4 Å². The number of aryl methyl sites for hydroxylation is 1. The molecule has 3 heteroatoms. The van der Waals surface area contributed by atoms with Crippen LogP contribution in [0.1, 0.15) is 38.6 Å². The average Bonchev–Trinajstić information content (AvgIpc) is 2.66. The molecule has 1 heterocycles. The van der Waals surface area contributed by atoms with Gasteiger partial charge >= 0.3 is 0 Å². The zero-order valence-corrected chi connectivity index (χ0v) is 10.9. The van der Waals surface area contributed by atoms with Crippen LogP contribution in [-0.2, 0) is 0 Å². The quantitative estimate of drug-likeness (QED) is 0.615. The van der Waals surface area contributed by atoms with Gasteiger partial charge in [-0.1, -0.05) is 19.1 Å². The second-order valence-electron chi connectivity index (χ2n) is 3.66. The number of H-pyrrole nitrogens is 1. The largest absolute Gasteiger partial charge is 0.426 e. The fraction of sp³-hybridized carbons (Fsp3) is 0.357. The Bertz CT molecular complexity index is 439. The van der Waals surface area contributed by atoms with Crippen LogP contribution in [0, 0.1) is 6.92 Å². The maximum Gasteiger partial charge on any atom is 0.299 e. The second kappa shape index (κ2) is 6.74. The third-order valence-electron chi connectivity index (χ3n) is 2.24. The van der Waals surface area contributed by atoms with E-state index in [1.54, 1.807) is 0 Å². The van der Waals surface area contributed by atoms with Gasteiger partial charge in [-0.25, -0.2) is 0 Å². The molecule has 1 aromatic heterocycles. The molecule has 0 unspecified atom stereocenters. The topological polar surface area (TPSA) is 37.9 Å². The van der Waals surface area contributed by atoms with E-state index in [9.17, 15) is 0 Å². The molecular weight excluding hydrogens is 212 g/mol. The van der Waals surface area contributed by atoms with Gasteiger partial charge in [-0.15, -0.1) is 0 Å². The van der Waals surface area contributed by atoms with Gasteiger partial charge in [0.25, 0.3) is 6.01 Å². The van der Waals surface area contributed by atoms with Gasteiger partial charge in [0, 0.05) is 5.69 Å². The molecular formula is C14H20N2O. The summed E-state index contributed by atoms with van der Waals surface area (Å²) in [5.41, 5.74) is 1.94. The highest BCUT2D eigenvalue weighted by atomic mass is 16.5. The molecule has 1 N–H and O–H groups in total. The van der Waals surface area contributed by atoms with Crippen LogP contribution in [0.15, 0.2) is 30.1 Å². The lowest BCUT2D eigenvalue weighted by Gasteiger charge is -2.00. The maximum absolute atomic E-state index is 5.62. The van der Waals surface area contributed by atoms with Crippen molar-refractivity contribution in [3.63, 3.8) is 0 Å². The molecule has 0 spiro atoms. The Balaban J connectivity index is 2.83. The van der Waals surface area contributed by atoms with E-state index < -0.39 is 0 Å². The second-order valence-corrected chi connectivity index (χ2v) is 3.66. The average molecular weight is 232 g/mol. The van der Waals surface area contributed by atoms with Crippen LogP contribution in [0.25, 0.3) is 6.08 Å². The van der Waals surface area contributed by atoms with E-state index in [0.29, 0.717) is 6.01 Å². The van der Waals surface area contributed by atoms with Gasteiger partial charge < -0.3 is 9.72 Å². The van der Waals surface area contributed by atoms with Gasteiger partial charge in [-0.3, -0.25) is 0 Å². The fourth-order valence-electron chi connectivity index (χ4n) is 1.35. The van der Waals surface area contributed by atoms with Gasteiger partial charge in [0.05, 0.1) is 5.69 Å². The lowest BCUT2D eigenvalue weighted by Crippen LogP contribution is -1.93. The molecule has 0 saturated carbocycles. The summed E-state index contributed by atoms with van der Waals surface area (Å²) in [6.07, 6.45) is 10.8. The zero-order valence-electron chi connectivity index (χ0n) is 10.9. The molecule has 0 fully saturated rings. The molecule has 0 aromatic carbocycles. The van der Waals surface area contributed by atoms with E-state index in [0.717, 1.165) is 23.6 Å². The SMILES string of the molecule is C/C=C\C(=C/C)Oc1nc(/C=C\CC)c(C)[nH]1. The third-order valence-corrected chi connectivity index (χ3v) is 2.24. The van der Waals surface area contributed by atoms with Crippen molar-refractivity contribution in [1.29, 1.82) is 0 Å². The predicted octanol–water partition coefficient (Wildman–Crippen LogP) is 4.00. The standard InChI is InChI=1S/C14H20N2O/c1-5-8-10-13-11(4)15-14(16-13)17-12(7-3)9-6-2/h6-10H,5H2,1-4H3,(H,15,16)/b9-6-,10-8-,12-7+. The Morgan fingerprint density at radius 1 is 1.41 bits per heavy atom. The first-order valence-corrected chi connectivity index (χ1v) is 5.91. The van der Waals surface area contributed by atoms with E-state index >= 15 is 0 Å². The molecule has 0 aliphatic carbocycles. The summed E-state index contributed by atoms with van der Waals surface area (Å²) in [5, 5.41) is 0. The summed E-state index contributed by atoms with van der Waals surface area (Å²) < 4.78 is 5.62. The molecule has 0 radical (unpaired) electrons. The van der Waals surface area contributed by atoms with Crippen molar-refractivity contribution >= 4 is 6.08 Å². The van der Waals surface area contributed by atoms with E-state index in [1.807, 2.05) is 45.1 Å². The van der Waals surface area contributed by atoms with Crippen LogP contribution in [0.4, 0.5) is 0 Å². The van der Waals surface area contributed by atoms with E-state index in [1.165, 1.54) is 0 Å². The van der Waals surface area contributed by atoms with Gasteiger partial charge in [0.2, 0.25) is 0 Å². The molecule has 0 aliphatic heterocycles. The Morgan fingerprint density at radius 2 is 2.18 bits per heavy atom. The number of ether oxygens (including phenoxy) is 1. The molecule has 0 aliphatic rings. The predicted molar refractivity (Wildman–Crippen MR) is 71.8 cm³/mol. The lowest BCUT2D eigenvalue weighted by molar-refractivity contribution is 0.411. The van der Waals surface area contributed by atoms with Crippen LogP contribution in [0.3, 0.4) is 0 Å². The minimum absolute atomic E-state index is 0.532. The minimum Gasteiger partial charge on any atom is -0.426 e. The highest BCUT2D eigenvalue weighted by molar-refractivity contribution is 5.48. The van der Waals surface area contributed by atoms with Crippen molar-refractivity contribution in [1.82, 2.24) is 9.97 Å². The number of aromatic amines is 1. The molecule has 0 saturated heterocycles. The summed E-state index contributed by atoms with van der Waals surface area (Å²) in [5.74, 6) is 0.785. The molecule has 1 rings (SSSR count). The van der Waals surface area contributed by atoms with Gasteiger partial charge in [0.15, 0.2) is 0 Å². The first-order chi connectivity index (χ1) is 8.21. The molecule has 0 amide bonds. The molecule has 92 valence electrons. The third kappa shape index (κ3) is 3.94. The van der Waals surface area contributed by atoms with Crippen molar-refractivity contribution in [2.24, 2.45) is 0 Å². The lowest BCUT2D eigenvalue weighted by atomic mass is 10.3. The van der Waals surface area contributed by atoms with Crippen LogP contribution >= 0.6 is 0 Å². The zero-order chi connectivity index (χ0) is 12.7. The smallest absolute Gasteiger partial charge is 0.299 e. The molecule has 1 aromatic rings. The number of allylic oxidation sites excluding steroid dienone is 4. The Hall–Kier alpha value is -1.77. The molecule has 3 nitrogen and oxygen atoms in total. The summed E-state index contributed by atoms with van der Waals surface area (Å²) in [6.45, 7) is 7.97. The summed E-state index contributed by atoms with van der Waals surface area (Å²) in [6, 6.07) is 0.532. The molecule has 0 atom stereocenters. The van der Waals surface area contributed by atoms with Crippen molar-refractivity contribution in [2.45, 2.75) is 34.1 Å². The summed E-state index contributed by atoms with van der Waals surface area (Å²) >= 11 is 0. The highest BCUT2D eigenvalue weighted by Crippen LogP contribution is 2.15. The fourth-order valence-corrected chi connectivity index (χ4v) is 1.35. The van der Waals surface area contributed by atoms with Crippen molar-refractivity contribution in [3.05, 3.63) is 41.5 Å². The number of hydrogen-bond acceptors (Lipinski definition) is 2. The number of hydrogen-bond donors (Lipinski definition) is 1. The number of imidazole rings is 1. The number of nitrogens with zero attached hydrogens (tertiary/aromatic N) is 1. The van der Waals surface area contributed by atoms with Crippen LogP contribution in [0.2, 0.25) is 0 Å². The van der Waals surface area contributed by atoms with E-state index in [4.69, 9.17) is 4.74 Å². The van der Waals surface area contributed by atoms with Crippen molar-refractivity contribution in [3.8, 4) is 6.01 Å². The summed E-state index contributed by atoms with van der Waals surface area (Å²) in [7, 11) is 0. The van der Waals surface area contributed by atoms with Crippen molar-refractivity contribution in [2.75, 3.05) is 0 Å². The Kier molecular flexibility index (Phi) is 5.27. The number of rotatable bonds is 5. The molecule has 0 bridgehead atoms. The highest BCUT2D eigenvalue weighted by Gasteiger charge is 2.05. The first kappa shape index (κ1) is 13.3. The maximum atomic E-state index is 5.62. The number of nitrogens with one attached hydrogen (secondary N) is 1. The van der Waals surface area contributed by atoms with E-state index in [-0.39, 0.29) is 0 Å². The molecule has 17 heavy (non-hydrogen) atoms. The minimum atomic E-state index is 0.532. The monoisotopic (exact) mass is 232 g/mol. The van der Waals surface area contributed by atoms with Gasteiger partial charge in [0.1, 0.15) is 5.76 Å². The van der Waals surface area contributed by atoms with Crippen molar-refractivity contribution < 1.29 is 4.74 Å². The van der Waals surface area contributed by atoms with Crippen LogP contribution < -0.4 is 4.74 Å². The normalized spacial score (nSPS) is 12.8. The van der Waals surface area contributed by atoms with Crippen LogP contribution in [0.5, 0.6) is 6.01 Å². The van der Waals surface area contributed by atoms with E-state index in [2.05, 4.69) is 23.0 Å². The van der Waals surface area contributed by atoms with Crippen LogP contribution in [-0.4, -0.2) is 9.97 Å². The Labute approximate surface area is 103 Å². The summed E-state index contributed by atoms with van der Waals surface area (Å²) in [4.78, 5) is 7.50. The Morgan fingerprint density at radius 3 is 2.76 bits per heavy atom.